The Hall–Kier alpha value is -5.75. The molecule has 3 aromatic heterocycles. The van der Waals surface area contributed by atoms with Gasteiger partial charge < -0.3 is 29.5 Å². The van der Waals surface area contributed by atoms with Crippen molar-refractivity contribution in [2.45, 2.75) is 45.0 Å². The number of fused-ring (bicyclic) bond motifs is 3. The van der Waals surface area contributed by atoms with Gasteiger partial charge in [0.15, 0.2) is 11.4 Å². The predicted molar refractivity (Wildman–Crippen MR) is 203 cm³/mol. The summed E-state index contributed by atoms with van der Waals surface area (Å²) in [5.41, 5.74) is 1.12. The van der Waals surface area contributed by atoms with E-state index in [4.69, 9.17) is 26.1 Å². The Bertz CT molecular complexity index is 2400. The van der Waals surface area contributed by atoms with Crippen LogP contribution in [0.2, 0.25) is 5.02 Å². The van der Waals surface area contributed by atoms with E-state index >= 15 is 0 Å². The van der Waals surface area contributed by atoms with Gasteiger partial charge in [-0.1, -0.05) is 48.9 Å². The number of amides is 2. The number of hydrogen-bond donors (Lipinski definition) is 1. The van der Waals surface area contributed by atoms with Gasteiger partial charge in [-0.3, -0.25) is 19.0 Å². The number of alkyl halides is 3. The van der Waals surface area contributed by atoms with Gasteiger partial charge in [0.05, 0.1) is 40.9 Å². The second-order valence-electron chi connectivity index (χ2n) is 14.2. The highest BCUT2D eigenvalue weighted by atomic mass is 35.5. The molecule has 298 valence electrons. The molecule has 6 heterocycles. The maximum Gasteiger partial charge on any atom is 0.416 e. The number of carbonyl (C=O) groups is 2. The SMILES string of the molecule is Cc1ncnc(C(=O)N2CCN(c3c4n(c5nc(N6CCOCC6)nn5c3=O)[C@H](C(=O)Nc3ccc(C(F)(F)F)cc3Cl)C[C@H]4C)CC2)c1OCc1ccccc1. The number of morpholine rings is 1. The van der Waals surface area contributed by atoms with Crippen LogP contribution in [-0.4, -0.2) is 98.3 Å². The minimum Gasteiger partial charge on any atom is -0.485 e. The Morgan fingerprint density at radius 2 is 1.74 bits per heavy atom. The van der Waals surface area contributed by atoms with E-state index in [9.17, 15) is 27.6 Å². The summed E-state index contributed by atoms with van der Waals surface area (Å²) in [5, 5.41) is 7.05. The van der Waals surface area contributed by atoms with Gasteiger partial charge >= 0.3 is 6.18 Å². The summed E-state index contributed by atoms with van der Waals surface area (Å²) in [6.45, 7) is 6.82. The van der Waals surface area contributed by atoms with E-state index in [0.29, 0.717) is 55.1 Å². The Labute approximate surface area is 329 Å². The Morgan fingerprint density at radius 3 is 2.44 bits per heavy atom. The number of benzene rings is 2. The van der Waals surface area contributed by atoms with Crippen LogP contribution < -0.4 is 25.4 Å². The topological polar surface area (TPSA) is 152 Å². The van der Waals surface area contributed by atoms with Gasteiger partial charge in [0.25, 0.3) is 11.5 Å². The first-order chi connectivity index (χ1) is 27.4. The second-order valence-corrected chi connectivity index (χ2v) is 14.6. The van der Waals surface area contributed by atoms with E-state index < -0.39 is 29.2 Å². The highest BCUT2D eigenvalue weighted by Crippen LogP contribution is 2.42. The number of halogens is 4. The average molecular weight is 807 g/mol. The highest BCUT2D eigenvalue weighted by Gasteiger charge is 2.41. The molecule has 0 aliphatic carbocycles. The molecule has 0 saturated carbocycles. The normalized spacial score (nSPS) is 18.5. The van der Waals surface area contributed by atoms with Crippen LogP contribution in [0.5, 0.6) is 5.75 Å². The van der Waals surface area contributed by atoms with Gasteiger partial charge in [0, 0.05) is 45.2 Å². The molecule has 3 aliphatic heterocycles. The van der Waals surface area contributed by atoms with Crippen LogP contribution in [0.1, 0.15) is 58.3 Å². The van der Waals surface area contributed by atoms with Gasteiger partial charge in [-0.2, -0.15) is 22.7 Å². The Kier molecular flexibility index (Phi) is 10.2. The van der Waals surface area contributed by atoms with Crippen molar-refractivity contribution in [2.75, 3.05) is 67.6 Å². The number of nitrogens with zero attached hydrogens (tertiary/aromatic N) is 9. The summed E-state index contributed by atoms with van der Waals surface area (Å²) in [7, 11) is 0. The van der Waals surface area contributed by atoms with Crippen molar-refractivity contribution >= 4 is 46.5 Å². The van der Waals surface area contributed by atoms with Crippen molar-refractivity contribution in [1.82, 2.24) is 34.0 Å². The fourth-order valence-corrected chi connectivity index (χ4v) is 7.80. The zero-order valence-electron chi connectivity index (χ0n) is 31.0. The molecule has 15 nitrogen and oxygen atoms in total. The third kappa shape index (κ3) is 7.34. The summed E-state index contributed by atoms with van der Waals surface area (Å²) < 4.78 is 54.5. The number of aryl methyl sites for hydroxylation is 1. The van der Waals surface area contributed by atoms with Crippen LogP contribution in [0.15, 0.2) is 59.7 Å². The predicted octanol–water partition coefficient (Wildman–Crippen LogP) is 4.73. The zero-order valence-corrected chi connectivity index (χ0v) is 31.8. The van der Waals surface area contributed by atoms with Crippen LogP contribution in [0.3, 0.4) is 0 Å². The van der Waals surface area contributed by atoms with Crippen molar-refractivity contribution in [3.05, 3.63) is 98.4 Å². The lowest BCUT2D eigenvalue weighted by Crippen LogP contribution is -2.51. The van der Waals surface area contributed by atoms with Crippen LogP contribution >= 0.6 is 11.6 Å². The molecule has 2 atom stereocenters. The fourth-order valence-electron chi connectivity index (χ4n) is 7.57. The molecule has 1 N–H and O–H groups in total. The highest BCUT2D eigenvalue weighted by molar-refractivity contribution is 6.33. The van der Waals surface area contributed by atoms with Gasteiger partial charge in [-0.15, -0.1) is 5.10 Å². The number of nitrogens with one attached hydrogen (secondary N) is 1. The number of anilines is 3. The lowest BCUT2D eigenvalue weighted by Gasteiger charge is -2.36. The van der Waals surface area contributed by atoms with E-state index in [2.05, 4.69) is 20.4 Å². The molecule has 0 unspecified atom stereocenters. The summed E-state index contributed by atoms with van der Waals surface area (Å²) in [6.07, 6.45) is -3.02. The first-order valence-electron chi connectivity index (χ1n) is 18.5. The standard InChI is InChI=1S/C38H38ClF3N10O5/c1-22-18-28(33(53)45-27-9-8-25(19-26(27)39)38(40,41)42)51-30(22)31(35(55)52-37(51)46-36(47-52)50-14-16-56-17-15-50)48-10-12-49(13-11-48)34(54)29-32(23(2)43-21-44-29)57-20-24-6-4-3-5-7-24/h3-9,19,21-22,28H,10-18,20H2,1-2H3,(H,45,53)/t22-,28+/m1/s1. The fraction of sp³-hybridized carbons (Fsp3) is 0.395. The van der Waals surface area contributed by atoms with Crippen molar-refractivity contribution in [2.24, 2.45) is 0 Å². The van der Waals surface area contributed by atoms with Crippen LogP contribution in [0, 0.1) is 6.92 Å². The lowest BCUT2D eigenvalue weighted by molar-refractivity contribution is -0.137. The molecule has 2 saturated heterocycles. The largest absolute Gasteiger partial charge is 0.485 e. The lowest BCUT2D eigenvalue weighted by atomic mass is 10.0. The molecule has 5 aromatic rings. The molecule has 19 heteroatoms. The smallest absolute Gasteiger partial charge is 0.416 e. The molecule has 57 heavy (non-hydrogen) atoms. The third-order valence-electron chi connectivity index (χ3n) is 10.5. The number of aromatic nitrogens is 6. The first kappa shape index (κ1) is 38.1. The molecular weight excluding hydrogens is 769 g/mol. The van der Waals surface area contributed by atoms with Crippen molar-refractivity contribution < 1.29 is 32.2 Å². The maximum absolute atomic E-state index is 14.5. The van der Waals surface area contributed by atoms with Gasteiger partial charge in [0.2, 0.25) is 17.6 Å². The minimum atomic E-state index is -4.61. The number of ether oxygens (including phenoxy) is 2. The zero-order chi connectivity index (χ0) is 40.0. The van der Waals surface area contributed by atoms with Crippen molar-refractivity contribution in [3.8, 4) is 5.75 Å². The monoisotopic (exact) mass is 806 g/mol. The first-order valence-corrected chi connectivity index (χ1v) is 18.8. The molecular formula is C38H38ClF3N10O5. The Balaban J connectivity index is 1.10. The van der Waals surface area contributed by atoms with Gasteiger partial charge in [-0.05, 0) is 37.1 Å². The quantitative estimate of drug-likeness (QED) is 0.232. The summed E-state index contributed by atoms with van der Waals surface area (Å²) in [6, 6.07) is 11.4. The molecule has 3 aliphatic rings. The molecule has 0 bridgehead atoms. The van der Waals surface area contributed by atoms with E-state index in [1.807, 2.05) is 47.1 Å². The van der Waals surface area contributed by atoms with E-state index in [0.717, 1.165) is 23.8 Å². The average Bonchev–Trinajstić information content (AvgIpc) is 3.81. The molecule has 0 radical (unpaired) electrons. The summed E-state index contributed by atoms with van der Waals surface area (Å²) >= 11 is 6.22. The molecule has 2 aromatic carbocycles. The minimum absolute atomic E-state index is 0.0109. The van der Waals surface area contributed by atoms with Gasteiger partial charge in [0.1, 0.15) is 24.7 Å². The number of piperazine rings is 1. The summed E-state index contributed by atoms with van der Waals surface area (Å²) in [4.78, 5) is 61.3. The van der Waals surface area contributed by atoms with E-state index in [1.165, 1.54) is 10.8 Å². The number of carbonyl (C=O) groups excluding carboxylic acids is 2. The molecule has 0 spiro atoms. The number of hydrogen-bond acceptors (Lipinski definition) is 11. The number of rotatable bonds is 8. The Morgan fingerprint density at radius 1 is 1.00 bits per heavy atom. The van der Waals surface area contributed by atoms with E-state index in [1.54, 1.807) is 16.4 Å². The summed E-state index contributed by atoms with van der Waals surface area (Å²) in [5.74, 6) is -0.456. The molecule has 2 amide bonds. The molecule has 2 fully saturated rings. The van der Waals surface area contributed by atoms with Crippen LogP contribution in [0.25, 0.3) is 5.78 Å². The van der Waals surface area contributed by atoms with Crippen LogP contribution in [0.4, 0.5) is 30.5 Å². The second kappa shape index (κ2) is 15.3. The van der Waals surface area contributed by atoms with Gasteiger partial charge in [-0.25, -0.2) is 9.97 Å². The molecule has 8 rings (SSSR count). The van der Waals surface area contributed by atoms with Crippen molar-refractivity contribution in [3.63, 3.8) is 0 Å². The maximum atomic E-state index is 14.5. The van der Waals surface area contributed by atoms with E-state index in [-0.39, 0.29) is 73.2 Å². The van der Waals surface area contributed by atoms with Crippen molar-refractivity contribution in [1.29, 1.82) is 0 Å². The van der Waals surface area contributed by atoms with Crippen LogP contribution in [-0.2, 0) is 22.3 Å². The third-order valence-corrected chi connectivity index (χ3v) is 10.8.